The van der Waals surface area contributed by atoms with Crippen molar-refractivity contribution in [1.82, 2.24) is 9.47 Å². The van der Waals surface area contributed by atoms with E-state index in [1.807, 2.05) is 40.8 Å². The molecule has 0 aliphatic carbocycles. The van der Waals surface area contributed by atoms with Gasteiger partial charge in [0.2, 0.25) is 0 Å². The number of hydrogen-bond donors (Lipinski definition) is 0. The number of carbonyl (C=O) groups is 1. The van der Waals surface area contributed by atoms with Crippen LogP contribution in [0.1, 0.15) is 10.5 Å². The summed E-state index contributed by atoms with van der Waals surface area (Å²) < 4.78 is 12.6. The van der Waals surface area contributed by atoms with Crippen LogP contribution in [0.25, 0.3) is 10.9 Å². The van der Waals surface area contributed by atoms with E-state index in [0.717, 1.165) is 16.7 Å². The van der Waals surface area contributed by atoms with Gasteiger partial charge in [-0.05, 0) is 18.2 Å². The molecular weight excluding hydrogens is 256 g/mol. The maximum absolute atomic E-state index is 12.6. The van der Waals surface area contributed by atoms with Crippen molar-refractivity contribution in [2.24, 2.45) is 7.05 Å². The molecule has 1 fully saturated rings. The molecule has 2 aromatic rings. The number of aryl methyl sites for hydroxylation is 1. The molecule has 1 aromatic heterocycles. The summed E-state index contributed by atoms with van der Waals surface area (Å²) in [6, 6.07) is 7.75. The lowest BCUT2D eigenvalue weighted by molar-refractivity contribution is 0.0297. The molecule has 3 rings (SSSR count). The number of methoxy groups -OCH3 is 1. The highest BCUT2D eigenvalue weighted by Crippen LogP contribution is 2.28. The van der Waals surface area contributed by atoms with E-state index >= 15 is 0 Å². The van der Waals surface area contributed by atoms with Gasteiger partial charge in [-0.25, -0.2) is 0 Å². The standard InChI is InChI=1S/C15H18N2O3/c1-16-12-4-3-5-14(19-2)11(12)10-13(16)15(18)17-6-8-20-9-7-17/h3-5,10H,6-9H2,1-2H3. The molecule has 106 valence electrons. The Kier molecular flexibility index (Phi) is 3.36. The Morgan fingerprint density at radius 1 is 1.30 bits per heavy atom. The van der Waals surface area contributed by atoms with Crippen LogP contribution in [-0.2, 0) is 11.8 Å². The number of carbonyl (C=O) groups excluding carboxylic acids is 1. The summed E-state index contributed by atoms with van der Waals surface area (Å²) in [6.45, 7) is 2.52. The zero-order valence-corrected chi connectivity index (χ0v) is 11.8. The van der Waals surface area contributed by atoms with E-state index in [-0.39, 0.29) is 5.91 Å². The molecule has 5 heteroatoms. The molecule has 0 N–H and O–H groups in total. The predicted molar refractivity (Wildman–Crippen MR) is 76.2 cm³/mol. The Balaban J connectivity index is 2.03. The predicted octanol–water partition coefficient (Wildman–Crippen LogP) is 1.66. The second-order valence-electron chi connectivity index (χ2n) is 4.89. The normalized spacial score (nSPS) is 15.6. The van der Waals surface area contributed by atoms with Gasteiger partial charge in [0.15, 0.2) is 0 Å². The van der Waals surface area contributed by atoms with Crippen molar-refractivity contribution >= 4 is 16.8 Å². The fraction of sp³-hybridized carbons (Fsp3) is 0.400. The summed E-state index contributed by atoms with van der Waals surface area (Å²) in [5.74, 6) is 0.841. The van der Waals surface area contributed by atoms with Crippen molar-refractivity contribution < 1.29 is 14.3 Å². The zero-order chi connectivity index (χ0) is 14.1. The SMILES string of the molecule is COc1cccc2c1cc(C(=O)N1CCOCC1)n2C. The summed E-state index contributed by atoms with van der Waals surface area (Å²) >= 11 is 0. The first-order valence-electron chi connectivity index (χ1n) is 6.72. The minimum absolute atomic E-state index is 0.0500. The number of benzene rings is 1. The van der Waals surface area contributed by atoms with Crippen LogP contribution in [0.3, 0.4) is 0 Å². The van der Waals surface area contributed by atoms with Gasteiger partial charge in [-0.1, -0.05) is 6.07 Å². The van der Waals surface area contributed by atoms with E-state index in [2.05, 4.69) is 0 Å². The average molecular weight is 274 g/mol. The summed E-state index contributed by atoms with van der Waals surface area (Å²) in [5.41, 5.74) is 1.69. The van der Waals surface area contributed by atoms with Crippen molar-refractivity contribution in [3.63, 3.8) is 0 Å². The van der Waals surface area contributed by atoms with Crippen LogP contribution in [-0.4, -0.2) is 48.8 Å². The van der Waals surface area contributed by atoms with Crippen LogP contribution in [0, 0.1) is 0 Å². The van der Waals surface area contributed by atoms with E-state index in [4.69, 9.17) is 9.47 Å². The number of ether oxygens (including phenoxy) is 2. The van der Waals surface area contributed by atoms with Crippen molar-refractivity contribution in [2.45, 2.75) is 0 Å². The van der Waals surface area contributed by atoms with Gasteiger partial charge in [-0.3, -0.25) is 4.79 Å². The third-order valence-electron chi connectivity index (χ3n) is 3.78. The lowest BCUT2D eigenvalue weighted by Crippen LogP contribution is -2.41. The molecule has 1 amide bonds. The van der Waals surface area contributed by atoms with Crippen LogP contribution >= 0.6 is 0 Å². The molecule has 0 radical (unpaired) electrons. The van der Waals surface area contributed by atoms with Gasteiger partial charge in [0.1, 0.15) is 11.4 Å². The number of hydrogen-bond acceptors (Lipinski definition) is 3. The fourth-order valence-corrected chi connectivity index (χ4v) is 2.64. The number of morpholine rings is 1. The van der Waals surface area contributed by atoms with Gasteiger partial charge in [0.05, 0.1) is 25.8 Å². The number of fused-ring (bicyclic) bond motifs is 1. The first-order valence-corrected chi connectivity index (χ1v) is 6.72. The lowest BCUT2D eigenvalue weighted by Gasteiger charge is -2.26. The molecule has 0 atom stereocenters. The number of aromatic nitrogens is 1. The van der Waals surface area contributed by atoms with Crippen LogP contribution < -0.4 is 4.74 Å². The number of rotatable bonds is 2. The Bertz CT molecular complexity index is 642. The van der Waals surface area contributed by atoms with Gasteiger partial charge in [0.25, 0.3) is 5.91 Å². The van der Waals surface area contributed by atoms with Gasteiger partial charge in [0, 0.05) is 25.5 Å². The Morgan fingerprint density at radius 3 is 2.75 bits per heavy atom. The molecule has 1 aromatic carbocycles. The Labute approximate surface area is 117 Å². The monoisotopic (exact) mass is 274 g/mol. The van der Waals surface area contributed by atoms with Gasteiger partial charge >= 0.3 is 0 Å². The van der Waals surface area contributed by atoms with Gasteiger partial charge in [-0.15, -0.1) is 0 Å². The largest absolute Gasteiger partial charge is 0.496 e. The van der Waals surface area contributed by atoms with Crippen molar-refractivity contribution in [3.8, 4) is 5.75 Å². The summed E-state index contributed by atoms with van der Waals surface area (Å²) in [4.78, 5) is 14.4. The molecule has 1 aliphatic heterocycles. The molecule has 1 aliphatic rings. The maximum atomic E-state index is 12.6. The molecule has 0 saturated carbocycles. The molecule has 0 bridgehead atoms. The molecular formula is C15H18N2O3. The van der Waals surface area contributed by atoms with Gasteiger partial charge < -0.3 is 18.9 Å². The highest BCUT2D eigenvalue weighted by Gasteiger charge is 2.22. The topological polar surface area (TPSA) is 43.7 Å². The Morgan fingerprint density at radius 2 is 2.05 bits per heavy atom. The maximum Gasteiger partial charge on any atom is 0.270 e. The van der Waals surface area contributed by atoms with Crippen LogP contribution in [0.2, 0.25) is 0 Å². The average Bonchev–Trinajstić information content (AvgIpc) is 2.85. The second kappa shape index (κ2) is 5.17. The van der Waals surface area contributed by atoms with E-state index in [9.17, 15) is 4.79 Å². The molecule has 0 spiro atoms. The lowest BCUT2D eigenvalue weighted by atomic mass is 10.2. The first-order chi connectivity index (χ1) is 9.72. The van der Waals surface area contributed by atoms with Crippen LogP contribution in [0.5, 0.6) is 5.75 Å². The smallest absolute Gasteiger partial charge is 0.270 e. The molecule has 20 heavy (non-hydrogen) atoms. The Hall–Kier alpha value is -2.01. The van der Waals surface area contributed by atoms with Crippen LogP contribution in [0.4, 0.5) is 0 Å². The quantitative estimate of drug-likeness (QED) is 0.836. The highest BCUT2D eigenvalue weighted by atomic mass is 16.5. The molecule has 0 unspecified atom stereocenters. The third-order valence-corrected chi connectivity index (χ3v) is 3.78. The minimum Gasteiger partial charge on any atom is -0.496 e. The van der Waals surface area contributed by atoms with E-state index in [0.29, 0.717) is 32.0 Å². The van der Waals surface area contributed by atoms with Gasteiger partial charge in [-0.2, -0.15) is 0 Å². The van der Waals surface area contributed by atoms with Crippen molar-refractivity contribution in [2.75, 3.05) is 33.4 Å². The molecule has 2 heterocycles. The number of nitrogens with zero attached hydrogens (tertiary/aromatic N) is 2. The molecule has 5 nitrogen and oxygen atoms in total. The van der Waals surface area contributed by atoms with Crippen LogP contribution in [0.15, 0.2) is 24.3 Å². The fourth-order valence-electron chi connectivity index (χ4n) is 2.64. The van der Waals surface area contributed by atoms with E-state index in [1.165, 1.54) is 0 Å². The zero-order valence-electron chi connectivity index (χ0n) is 11.8. The summed E-state index contributed by atoms with van der Waals surface area (Å²) in [7, 11) is 3.56. The van der Waals surface area contributed by atoms with Crippen molar-refractivity contribution in [3.05, 3.63) is 30.0 Å². The summed E-state index contributed by atoms with van der Waals surface area (Å²) in [6.07, 6.45) is 0. The number of amides is 1. The highest BCUT2D eigenvalue weighted by molar-refractivity contribution is 6.00. The summed E-state index contributed by atoms with van der Waals surface area (Å²) in [5, 5.41) is 0.967. The second-order valence-corrected chi connectivity index (χ2v) is 4.89. The third kappa shape index (κ3) is 2.04. The minimum atomic E-state index is 0.0500. The van der Waals surface area contributed by atoms with E-state index in [1.54, 1.807) is 7.11 Å². The first kappa shape index (κ1) is 13.0. The molecule has 1 saturated heterocycles. The van der Waals surface area contributed by atoms with E-state index < -0.39 is 0 Å². The van der Waals surface area contributed by atoms with Crippen molar-refractivity contribution in [1.29, 1.82) is 0 Å².